The van der Waals surface area contributed by atoms with E-state index in [9.17, 15) is 4.79 Å². The van der Waals surface area contributed by atoms with Gasteiger partial charge in [0.15, 0.2) is 11.5 Å². The second-order valence-corrected chi connectivity index (χ2v) is 7.39. The molecule has 2 heterocycles. The molecule has 1 atom stereocenters. The standard InChI is InChI=1S/C22H26N2O5/c1-14-19(26-2)9-16(10-20(14)27-3)22(25)23-17-6-7-24(12-17)11-15-4-5-18-21(8-15)29-13-28-18/h4-5,8-10,17H,6-7,11-13H2,1-3H3,(H,23,25). The zero-order valence-corrected chi connectivity index (χ0v) is 17.0. The van der Waals surface area contributed by atoms with Crippen molar-refractivity contribution in [2.45, 2.75) is 25.9 Å². The Morgan fingerprint density at radius 1 is 1.14 bits per heavy atom. The Kier molecular flexibility index (Phi) is 5.49. The van der Waals surface area contributed by atoms with E-state index in [4.69, 9.17) is 18.9 Å². The van der Waals surface area contributed by atoms with Gasteiger partial charge in [-0.1, -0.05) is 6.07 Å². The van der Waals surface area contributed by atoms with E-state index in [2.05, 4.69) is 16.3 Å². The predicted molar refractivity (Wildman–Crippen MR) is 108 cm³/mol. The molecule has 29 heavy (non-hydrogen) atoms. The number of nitrogens with zero attached hydrogens (tertiary/aromatic N) is 1. The molecule has 7 heteroatoms. The number of rotatable bonds is 6. The summed E-state index contributed by atoms with van der Waals surface area (Å²) in [5.41, 5.74) is 2.59. The highest BCUT2D eigenvalue weighted by Crippen LogP contribution is 2.33. The molecule has 0 spiro atoms. The van der Waals surface area contributed by atoms with Crippen molar-refractivity contribution < 1.29 is 23.7 Å². The van der Waals surface area contributed by atoms with Crippen LogP contribution in [0.3, 0.4) is 0 Å². The van der Waals surface area contributed by atoms with Gasteiger partial charge in [0.25, 0.3) is 5.91 Å². The fraction of sp³-hybridized carbons (Fsp3) is 0.409. The van der Waals surface area contributed by atoms with Crippen LogP contribution in [0.2, 0.25) is 0 Å². The van der Waals surface area contributed by atoms with Crippen molar-refractivity contribution in [2.75, 3.05) is 34.1 Å². The quantitative estimate of drug-likeness (QED) is 0.807. The number of likely N-dealkylation sites (tertiary alicyclic amines) is 1. The molecule has 0 radical (unpaired) electrons. The molecule has 2 aliphatic heterocycles. The minimum absolute atomic E-state index is 0.106. The summed E-state index contributed by atoms with van der Waals surface area (Å²) in [7, 11) is 3.18. The third-order valence-electron chi connectivity index (χ3n) is 5.47. The largest absolute Gasteiger partial charge is 0.496 e. The van der Waals surface area contributed by atoms with E-state index < -0.39 is 0 Å². The fourth-order valence-corrected chi connectivity index (χ4v) is 3.88. The summed E-state index contributed by atoms with van der Waals surface area (Å²) in [5.74, 6) is 2.77. The molecule has 2 aliphatic rings. The number of ether oxygens (including phenoxy) is 4. The lowest BCUT2D eigenvalue weighted by atomic mass is 10.1. The summed E-state index contributed by atoms with van der Waals surface area (Å²) in [5, 5.41) is 3.14. The van der Waals surface area contributed by atoms with Gasteiger partial charge in [0.1, 0.15) is 11.5 Å². The van der Waals surface area contributed by atoms with Gasteiger partial charge in [-0.15, -0.1) is 0 Å². The first-order chi connectivity index (χ1) is 14.1. The number of nitrogens with one attached hydrogen (secondary N) is 1. The average Bonchev–Trinajstić information content (AvgIpc) is 3.37. The Labute approximate surface area is 170 Å². The van der Waals surface area contributed by atoms with Crippen LogP contribution in [0.15, 0.2) is 30.3 Å². The second kappa shape index (κ2) is 8.21. The molecule has 0 saturated carbocycles. The lowest BCUT2D eigenvalue weighted by Crippen LogP contribution is -2.37. The zero-order chi connectivity index (χ0) is 20.4. The van der Waals surface area contributed by atoms with Crippen LogP contribution in [0.4, 0.5) is 0 Å². The molecule has 2 aromatic carbocycles. The van der Waals surface area contributed by atoms with Gasteiger partial charge < -0.3 is 24.3 Å². The maximum Gasteiger partial charge on any atom is 0.251 e. The van der Waals surface area contributed by atoms with Crippen molar-refractivity contribution in [3.63, 3.8) is 0 Å². The van der Waals surface area contributed by atoms with Gasteiger partial charge in [-0.05, 0) is 43.2 Å². The van der Waals surface area contributed by atoms with Crippen LogP contribution in [0, 0.1) is 6.92 Å². The van der Waals surface area contributed by atoms with E-state index in [1.54, 1.807) is 26.4 Å². The van der Waals surface area contributed by atoms with Crippen LogP contribution in [0.5, 0.6) is 23.0 Å². The Hall–Kier alpha value is -2.93. The van der Waals surface area contributed by atoms with Gasteiger partial charge in [0.2, 0.25) is 6.79 Å². The first-order valence-corrected chi connectivity index (χ1v) is 9.71. The SMILES string of the molecule is COc1cc(C(=O)NC2CCN(Cc3ccc4c(c3)OCO4)C2)cc(OC)c1C. The van der Waals surface area contributed by atoms with Crippen molar-refractivity contribution in [3.05, 3.63) is 47.0 Å². The van der Waals surface area contributed by atoms with Crippen LogP contribution < -0.4 is 24.3 Å². The minimum Gasteiger partial charge on any atom is -0.496 e. The van der Waals surface area contributed by atoms with E-state index in [0.29, 0.717) is 17.1 Å². The van der Waals surface area contributed by atoms with Crippen molar-refractivity contribution >= 4 is 5.91 Å². The second-order valence-electron chi connectivity index (χ2n) is 7.39. The summed E-state index contributed by atoms with van der Waals surface area (Å²) in [6.45, 7) is 4.74. The molecule has 0 bridgehead atoms. The average molecular weight is 398 g/mol. The number of carbonyl (C=O) groups is 1. The van der Waals surface area contributed by atoms with Gasteiger partial charge in [-0.2, -0.15) is 0 Å². The summed E-state index contributed by atoms with van der Waals surface area (Å²) < 4.78 is 21.6. The molecule has 4 rings (SSSR count). The van der Waals surface area contributed by atoms with Gasteiger partial charge in [0.05, 0.1) is 14.2 Å². The van der Waals surface area contributed by atoms with Crippen LogP contribution in [0.25, 0.3) is 0 Å². The van der Waals surface area contributed by atoms with Crippen molar-refractivity contribution in [1.82, 2.24) is 10.2 Å². The first kappa shape index (κ1) is 19.4. The van der Waals surface area contributed by atoms with Crippen LogP contribution in [0.1, 0.15) is 27.9 Å². The van der Waals surface area contributed by atoms with Crippen LogP contribution in [-0.4, -0.2) is 51.0 Å². The molecule has 0 aliphatic carbocycles. The monoisotopic (exact) mass is 398 g/mol. The molecular weight excluding hydrogens is 372 g/mol. The lowest BCUT2D eigenvalue weighted by molar-refractivity contribution is 0.0937. The number of benzene rings is 2. The maximum atomic E-state index is 12.8. The lowest BCUT2D eigenvalue weighted by Gasteiger charge is -2.18. The highest BCUT2D eigenvalue weighted by molar-refractivity contribution is 5.95. The summed E-state index contributed by atoms with van der Waals surface area (Å²) in [4.78, 5) is 15.1. The van der Waals surface area contributed by atoms with Gasteiger partial charge in [-0.25, -0.2) is 0 Å². The van der Waals surface area contributed by atoms with E-state index in [0.717, 1.165) is 43.1 Å². The van der Waals surface area contributed by atoms with Crippen molar-refractivity contribution in [1.29, 1.82) is 0 Å². The molecule has 0 aromatic heterocycles. The van der Waals surface area contributed by atoms with Crippen molar-refractivity contribution in [2.24, 2.45) is 0 Å². The van der Waals surface area contributed by atoms with E-state index in [1.807, 2.05) is 19.1 Å². The maximum absolute atomic E-state index is 12.8. The normalized spacial score (nSPS) is 18.0. The van der Waals surface area contributed by atoms with Crippen molar-refractivity contribution in [3.8, 4) is 23.0 Å². The Balaban J connectivity index is 1.37. The van der Waals surface area contributed by atoms with E-state index in [-0.39, 0.29) is 18.7 Å². The molecular formula is C22H26N2O5. The van der Waals surface area contributed by atoms with Gasteiger partial charge >= 0.3 is 0 Å². The number of amides is 1. The molecule has 154 valence electrons. The number of methoxy groups -OCH3 is 2. The Morgan fingerprint density at radius 3 is 2.59 bits per heavy atom. The molecule has 1 fully saturated rings. The molecule has 1 unspecified atom stereocenters. The molecule has 2 aromatic rings. The third-order valence-corrected chi connectivity index (χ3v) is 5.47. The highest BCUT2D eigenvalue weighted by atomic mass is 16.7. The Morgan fingerprint density at radius 2 is 1.86 bits per heavy atom. The molecule has 1 amide bonds. The topological polar surface area (TPSA) is 69.3 Å². The van der Waals surface area contributed by atoms with E-state index in [1.165, 1.54) is 5.56 Å². The third kappa shape index (κ3) is 4.10. The molecule has 7 nitrogen and oxygen atoms in total. The van der Waals surface area contributed by atoms with Gasteiger partial charge in [0, 0.05) is 36.8 Å². The number of hydrogen-bond donors (Lipinski definition) is 1. The molecule has 1 N–H and O–H groups in total. The summed E-state index contributed by atoms with van der Waals surface area (Å²) >= 11 is 0. The minimum atomic E-state index is -0.114. The summed E-state index contributed by atoms with van der Waals surface area (Å²) in [6, 6.07) is 9.66. The molecule has 1 saturated heterocycles. The predicted octanol–water partition coefficient (Wildman–Crippen LogP) is 2.75. The van der Waals surface area contributed by atoms with Crippen LogP contribution in [-0.2, 0) is 6.54 Å². The number of hydrogen-bond acceptors (Lipinski definition) is 6. The van der Waals surface area contributed by atoms with E-state index >= 15 is 0 Å². The highest BCUT2D eigenvalue weighted by Gasteiger charge is 2.25. The summed E-state index contributed by atoms with van der Waals surface area (Å²) in [6.07, 6.45) is 0.913. The fourth-order valence-electron chi connectivity index (χ4n) is 3.88. The van der Waals surface area contributed by atoms with Gasteiger partial charge in [-0.3, -0.25) is 9.69 Å². The zero-order valence-electron chi connectivity index (χ0n) is 17.0. The number of carbonyl (C=O) groups excluding carboxylic acids is 1. The smallest absolute Gasteiger partial charge is 0.251 e. The Bertz CT molecular complexity index is 889. The number of fused-ring (bicyclic) bond motifs is 1. The van der Waals surface area contributed by atoms with Crippen LogP contribution >= 0.6 is 0 Å². The first-order valence-electron chi connectivity index (χ1n) is 9.71.